The summed E-state index contributed by atoms with van der Waals surface area (Å²) >= 11 is 0. The van der Waals surface area contributed by atoms with Crippen LogP contribution in [-0.4, -0.2) is 28.6 Å². The molecule has 1 aromatic carbocycles. The Balaban J connectivity index is 2.01. The molecule has 0 amide bonds. The average Bonchev–Trinajstić information content (AvgIpc) is 3.31. The summed E-state index contributed by atoms with van der Waals surface area (Å²) in [4.78, 5) is 17.4. The topological polar surface area (TPSA) is 77.2 Å². The number of nitrogens with zero attached hydrogens (tertiary/aromatic N) is 3. The van der Waals surface area contributed by atoms with Crippen LogP contribution in [0.2, 0.25) is 0 Å². The van der Waals surface area contributed by atoms with Gasteiger partial charge in [-0.25, -0.2) is 4.98 Å². The molecule has 0 aliphatic heterocycles. The number of rotatable bonds is 5. The van der Waals surface area contributed by atoms with E-state index in [1.807, 2.05) is 29.2 Å². The van der Waals surface area contributed by atoms with Crippen molar-refractivity contribution < 1.29 is 9.90 Å². The Morgan fingerprint density at radius 1 is 1.43 bits per heavy atom. The zero-order chi connectivity index (χ0) is 14.8. The van der Waals surface area contributed by atoms with Gasteiger partial charge in [-0.2, -0.15) is 5.26 Å². The lowest BCUT2D eigenvalue weighted by Gasteiger charge is -2.23. The Kier molecular flexibility index (Phi) is 3.44. The van der Waals surface area contributed by atoms with Gasteiger partial charge in [-0.3, -0.25) is 4.79 Å². The highest BCUT2D eigenvalue weighted by atomic mass is 16.4. The van der Waals surface area contributed by atoms with Crippen molar-refractivity contribution in [1.29, 1.82) is 5.26 Å². The van der Waals surface area contributed by atoms with Gasteiger partial charge in [-0.15, -0.1) is 0 Å². The molecule has 1 aliphatic carbocycles. The Hall–Kier alpha value is -2.61. The number of pyridine rings is 1. The van der Waals surface area contributed by atoms with Crippen LogP contribution in [-0.2, 0) is 4.79 Å². The molecule has 1 fully saturated rings. The van der Waals surface area contributed by atoms with Crippen LogP contribution in [0.3, 0.4) is 0 Å². The van der Waals surface area contributed by atoms with Crippen LogP contribution < -0.4 is 4.90 Å². The third kappa shape index (κ3) is 2.79. The number of aromatic nitrogens is 1. The smallest absolute Gasteiger partial charge is 0.305 e. The van der Waals surface area contributed by atoms with Crippen LogP contribution in [0.4, 0.5) is 5.82 Å². The molecule has 0 saturated heterocycles. The molecule has 0 spiro atoms. The highest BCUT2D eigenvalue weighted by molar-refractivity contribution is 5.86. The summed E-state index contributed by atoms with van der Waals surface area (Å²) in [5, 5.41) is 19.0. The molecule has 1 heterocycles. The van der Waals surface area contributed by atoms with Crippen molar-refractivity contribution in [1.82, 2.24) is 4.98 Å². The minimum absolute atomic E-state index is 0.0763. The maximum absolute atomic E-state index is 10.8. The SMILES string of the molecule is N#Cc1cc(N(CCC(=O)O)C2CC2)nc2ccccc12. The first-order valence-corrected chi connectivity index (χ1v) is 6.97. The molecule has 1 N–H and O–H groups in total. The maximum Gasteiger partial charge on any atom is 0.305 e. The van der Waals surface area contributed by atoms with Gasteiger partial charge in [-0.05, 0) is 25.0 Å². The summed E-state index contributed by atoms with van der Waals surface area (Å²) in [6.07, 6.45) is 2.18. The predicted octanol–water partition coefficient (Wildman–Crippen LogP) is 2.55. The van der Waals surface area contributed by atoms with E-state index in [1.165, 1.54) is 0 Å². The average molecular weight is 281 g/mol. The normalized spacial score (nSPS) is 13.9. The van der Waals surface area contributed by atoms with Crippen molar-refractivity contribution >= 4 is 22.7 Å². The monoisotopic (exact) mass is 281 g/mol. The summed E-state index contributed by atoms with van der Waals surface area (Å²) in [6, 6.07) is 11.8. The van der Waals surface area contributed by atoms with Crippen LogP contribution >= 0.6 is 0 Å². The fourth-order valence-electron chi connectivity index (χ4n) is 2.49. The number of carboxylic acid groups (broad SMARTS) is 1. The molecule has 1 aromatic heterocycles. The van der Waals surface area contributed by atoms with E-state index in [2.05, 4.69) is 11.1 Å². The molecule has 3 rings (SSSR count). The first kappa shape index (κ1) is 13.4. The van der Waals surface area contributed by atoms with Gasteiger partial charge in [0.25, 0.3) is 0 Å². The minimum atomic E-state index is -0.818. The summed E-state index contributed by atoms with van der Waals surface area (Å²) < 4.78 is 0. The lowest BCUT2D eigenvalue weighted by Crippen LogP contribution is -2.29. The van der Waals surface area contributed by atoms with Gasteiger partial charge >= 0.3 is 5.97 Å². The largest absolute Gasteiger partial charge is 0.481 e. The van der Waals surface area contributed by atoms with E-state index in [9.17, 15) is 10.1 Å². The van der Waals surface area contributed by atoms with Crippen LogP contribution in [0, 0.1) is 11.3 Å². The van der Waals surface area contributed by atoms with E-state index < -0.39 is 5.97 Å². The zero-order valence-corrected chi connectivity index (χ0v) is 11.5. The number of para-hydroxylation sites is 1. The molecule has 5 nitrogen and oxygen atoms in total. The minimum Gasteiger partial charge on any atom is -0.481 e. The number of carboxylic acids is 1. The molecule has 5 heteroatoms. The van der Waals surface area contributed by atoms with Crippen LogP contribution in [0.15, 0.2) is 30.3 Å². The molecule has 0 radical (unpaired) electrons. The van der Waals surface area contributed by atoms with Crippen LogP contribution in [0.25, 0.3) is 10.9 Å². The predicted molar refractivity (Wildman–Crippen MR) is 79.1 cm³/mol. The first-order chi connectivity index (χ1) is 10.2. The Bertz CT molecular complexity index is 732. The Labute approximate surface area is 122 Å². The molecule has 21 heavy (non-hydrogen) atoms. The van der Waals surface area contributed by atoms with Crippen LogP contribution in [0.5, 0.6) is 0 Å². The van der Waals surface area contributed by atoms with Crippen molar-refractivity contribution in [2.24, 2.45) is 0 Å². The second-order valence-corrected chi connectivity index (χ2v) is 5.23. The van der Waals surface area contributed by atoms with Crippen molar-refractivity contribution in [3.8, 4) is 6.07 Å². The van der Waals surface area contributed by atoms with Crippen molar-refractivity contribution in [2.75, 3.05) is 11.4 Å². The highest BCUT2D eigenvalue weighted by Crippen LogP contribution is 2.32. The van der Waals surface area contributed by atoms with E-state index >= 15 is 0 Å². The fraction of sp³-hybridized carbons (Fsp3) is 0.312. The molecular weight excluding hydrogens is 266 g/mol. The lowest BCUT2D eigenvalue weighted by molar-refractivity contribution is -0.136. The molecule has 2 aromatic rings. The molecule has 0 bridgehead atoms. The third-order valence-corrected chi connectivity index (χ3v) is 3.67. The van der Waals surface area contributed by atoms with Crippen molar-refractivity contribution in [3.63, 3.8) is 0 Å². The summed E-state index contributed by atoms with van der Waals surface area (Å²) in [7, 11) is 0. The van der Waals surface area contributed by atoms with E-state index in [0.717, 1.165) is 23.7 Å². The maximum atomic E-state index is 10.8. The second kappa shape index (κ2) is 5.41. The standard InChI is InChI=1S/C16H15N3O2/c17-10-11-9-15(18-14-4-2-1-3-13(11)14)19(12-5-6-12)8-7-16(20)21/h1-4,9,12H,5-8H2,(H,20,21). The van der Waals surface area contributed by atoms with Gasteiger partial charge in [0, 0.05) is 18.0 Å². The quantitative estimate of drug-likeness (QED) is 0.911. The van der Waals surface area contributed by atoms with Crippen molar-refractivity contribution in [3.05, 3.63) is 35.9 Å². The number of aliphatic carboxylic acids is 1. The number of fused-ring (bicyclic) bond motifs is 1. The first-order valence-electron chi connectivity index (χ1n) is 6.97. The summed E-state index contributed by atoms with van der Waals surface area (Å²) in [6.45, 7) is 0.427. The molecule has 0 unspecified atom stereocenters. The van der Waals surface area contributed by atoms with E-state index in [4.69, 9.17) is 5.11 Å². The van der Waals surface area contributed by atoms with Gasteiger partial charge in [0.1, 0.15) is 5.82 Å². The van der Waals surface area contributed by atoms with Crippen LogP contribution in [0.1, 0.15) is 24.8 Å². The molecule has 1 aliphatic rings. The summed E-state index contributed by atoms with van der Waals surface area (Å²) in [5.74, 6) is -0.115. The Morgan fingerprint density at radius 2 is 2.19 bits per heavy atom. The third-order valence-electron chi connectivity index (χ3n) is 3.67. The van der Waals surface area contributed by atoms with Gasteiger partial charge < -0.3 is 10.0 Å². The number of nitriles is 1. The molecular formula is C16H15N3O2. The second-order valence-electron chi connectivity index (χ2n) is 5.23. The lowest BCUT2D eigenvalue weighted by atomic mass is 10.1. The number of hydrogen-bond donors (Lipinski definition) is 1. The number of carbonyl (C=O) groups is 1. The van der Waals surface area contributed by atoms with Gasteiger partial charge in [0.15, 0.2) is 0 Å². The highest BCUT2D eigenvalue weighted by Gasteiger charge is 2.30. The molecule has 1 saturated carbocycles. The Morgan fingerprint density at radius 3 is 2.86 bits per heavy atom. The molecule has 106 valence electrons. The van der Waals surface area contributed by atoms with Gasteiger partial charge in [0.2, 0.25) is 0 Å². The number of hydrogen-bond acceptors (Lipinski definition) is 4. The van der Waals surface area contributed by atoms with E-state index in [0.29, 0.717) is 24.0 Å². The summed E-state index contributed by atoms with van der Waals surface area (Å²) in [5.41, 5.74) is 1.35. The number of anilines is 1. The zero-order valence-electron chi connectivity index (χ0n) is 11.5. The van der Waals surface area contributed by atoms with Gasteiger partial charge in [0.05, 0.1) is 23.6 Å². The van der Waals surface area contributed by atoms with Crippen molar-refractivity contribution in [2.45, 2.75) is 25.3 Å². The van der Waals surface area contributed by atoms with E-state index in [1.54, 1.807) is 6.07 Å². The van der Waals surface area contributed by atoms with Gasteiger partial charge in [-0.1, -0.05) is 18.2 Å². The molecule has 0 atom stereocenters. The number of benzene rings is 1. The fourth-order valence-corrected chi connectivity index (χ4v) is 2.49. The van der Waals surface area contributed by atoms with E-state index in [-0.39, 0.29) is 6.42 Å².